The van der Waals surface area contributed by atoms with Crippen LogP contribution in [0.15, 0.2) is 36.5 Å². The van der Waals surface area contributed by atoms with Crippen LogP contribution in [0.3, 0.4) is 0 Å². The smallest absolute Gasteiger partial charge is 0.306 e. The number of unbranched alkanes of at least 4 members (excludes halogenated alkanes) is 45. The molecule has 0 aliphatic carbocycles. The highest BCUT2D eigenvalue weighted by molar-refractivity contribution is 7.45. The van der Waals surface area contributed by atoms with Gasteiger partial charge in [0.15, 0.2) is 6.10 Å². The number of likely N-dealkylation sites (N-methyl/N-ethyl adjacent to an activating group) is 1. The Bertz CT molecular complexity index is 1440. The first-order valence-corrected chi connectivity index (χ1v) is 36.2. The van der Waals surface area contributed by atoms with E-state index in [1.165, 1.54) is 263 Å². The molecule has 0 aliphatic heterocycles. The predicted molar refractivity (Wildman–Crippen MR) is 342 cm³/mol. The molecule has 0 aromatic rings. The minimum atomic E-state index is -4.64. The summed E-state index contributed by atoms with van der Waals surface area (Å²) in [5.74, 6) is -0.821. The van der Waals surface area contributed by atoms with Crippen molar-refractivity contribution < 1.29 is 42.1 Å². The topological polar surface area (TPSA) is 111 Å². The van der Waals surface area contributed by atoms with Gasteiger partial charge in [-0.3, -0.25) is 14.2 Å². The van der Waals surface area contributed by atoms with Crippen LogP contribution in [-0.2, 0) is 32.7 Å². The fourth-order valence-corrected chi connectivity index (χ4v) is 11.0. The van der Waals surface area contributed by atoms with Crippen LogP contribution < -0.4 is 4.89 Å². The fraction of sp³-hybridized carbons (Fsp3) is 0.886. The normalized spacial score (nSPS) is 13.3. The zero-order chi connectivity index (χ0) is 58.4. The number of phosphoric ester groups is 1. The minimum absolute atomic E-state index is 0.0298. The number of carbonyl (C=O) groups excluding carboxylic acids is 2. The molecule has 10 heteroatoms. The standard InChI is InChI=1S/C70H134NO8P/c1-6-8-10-12-14-16-18-20-22-24-26-27-28-29-30-31-32-33-34-35-36-37-38-39-40-41-42-43-45-46-48-50-52-54-56-58-60-62-69(72)76-66-68(67-78-80(74,75)77-65-64-71(3,4)5)79-70(73)63-61-59-57-55-53-51-49-47-44-25-23-21-19-17-15-13-11-9-7-2/h15,17,21,23-24,26,68H,6-14,16,18-20,22,25,27-67H2,1-5H3/b17-15-,23-21-,26-24-. The summed E-state index contributed by atoms with van der Waals surface area (Å²) >= 11 is 0. The van der Waals surface area contributed by atoms with E-state index in [-0.39, 0.29) is 32.0 Å². The summed E-state index contributed by atoms with van der Waals surface area (Å²) < 4.78 is 34.3. The fourth-order valence-electron chi connectivity index (χ4n) is 10.3. The maximum atomic E-state index is 12.8. The number of ether oxygens (including phenoxy) is 2. The predicted octanol–water partition coefficient (Wildman–Crippen LogP) is 21.6. The van der Waals surface area contributed by atoms with Crippen LogP contribution in [0.5, 0.6) is 0 Å². The number of esters is 2. The van der Waals surface area contributed by atoms with Gasteiger partial charge in [0, 0.05) is 12.8 Å². The van der Waals surface area contributed by atoms with Gasteiger partial charge in [0.2, 0.25) is 0 Å². The third-order valence-corrected chi connectivity index (χ3v) is 16.6. The van der Waals surface area contributed by atoms with Crippen molar-refractivity contribution in [3.8, 4) is 0 Å². The molecule has 0 fully saturated rings. The summed E-state index contributed by atoms with van der Waals surface area (Å²) in [6.07, 6.45) is 78.1. The van der Waals surface area contributed by atoms with Gasteiger partial charge in [-0.25, -0.2) is 0 Å². The SMILES string of the molecule is CCCCC/C=C\C/C=C\CCCCCCCCCCCC(=O)OC(COC(=O)CCCCCCCCCCCCCCCCCCCCCCCCCCC/C=C\CCCCCCCCCC)COP(=O)([O-])OCC[N+](C)(C)C. The largest absolute Gasteiger partial charge is 0.756 e. The first-order chi connectivity index (χ1) is 39.0. The lowest BCUT2D eigenvalue weighted by molar-refractivity contribution is -0.870. The number of rotatable bonds is 65. The van der Waals surface area contributed by atoms with Crippen molar-refractivity contribution in [3.63, 3.8) is 0 Å². The quantitative estimate of drug-likeness (QED) is 0.0195. The first kappa shape index (κ1) is 78.2. The molecule has 0 heterocycles. The molecule has 0 amide bonds. The van der Waals surface area contributed by atoms with Crippen molar-refractivity contribution in [1.82, 2.24) is 0 Å². The number of quaternary nitrogens is 1. The molecule has 0 N–H and O–H groups in total. The van der Waals surface area contributed by atoms with Gasteiger partial charge in [-0.1, -0.05) is 301 Å². The van der Waals surface area contributed by atoms with Crippen LogP contribution in [0, 0.1) is 0 Å². The van der Waals surface area contributed by atoms with E-state index in [1.807, 2.05) is 21.1 Å². The second-order valence-corrected chi connectivity index (χ2v) is 26.3. The molecular formula is C70H134NO8P. The Morgan fingerprint density at radius 3 is 1.02 bits per heavy atom. The molecule has 0 aliphatic rings. The molecule has 2 unspecified atom stereocenters. The lowest BCUT2D eigenvalue weighted by Gasteiger charge is -2.28. The van der Waals surface area contributed by atoms with Gasteiger partial charge in [0.05, 0.1) is 27.7 Å². The van der Waals surface area contributed by atoms with Crippen molar-refractivity contribution in [3.05, 3.63) is 36.5 Å². The van der Waals surface area contributed by atoms with E-state index >= 15 is 0 Å². The highest BCUT2D eigenvalue weighted by Gasteiger charge is 2.22. The lowest BCUT2D eigenvalue weighted by Crippen LogP contribution is -2.37. The molecular weight excluding hydrogens is 1010 g/mol. The zero-order valence-corrected chi connectivity index (χ0v) is 54.7. The van der Waals surface area contributed by atoms with Gasteiger partial charge in [-0.15, -0.1) is 0 Å². The van der Waals surface area contributed by atoms with Gasteiger partial charge in [0.25, 0.3) is 7.82 Å². The molecule has 472 valence electrons. The van der Waals surface area contributed by atoms with Crippen LogP contribution in [0.25, 0.3) is 0 Å². The molecule has 0 aromatic heterocycles. The van der Waals surface area contributed by atoms with Crippen LogP contribution in [0.4, 0.5) is 0 Å². The van der Waals surface area contributed by atoms with E-state index in [0.717, 1.165) is 51.4 Å². The Morgan fingerprint density at radius 1 is 0.388 bits per heavy atom. The van der Waals surface area contributed by atoms with Gasteiger partial charge in [0.1, 0.15) is 19.8 Å². The monoisotopic (exact) mass is 1150 g/mol. The molecule has 0 aromatic carbocycles. The number of carbonyl (C=O) groups is 2. The second kappa shape index (κ2) is 61.8. The van der Waals surface area contributed by atoms with Gasteiger partial charge in [-0.2, -0.15) is 0 Å². The number of phosphoric acid groups is 1. The Morgan fingerprint density at radius 2 is 0.675 bits per heavy atom. The summed E-state index contributed by atoms with van der Waals surface area (Å²) in [4.78, 5) is 38.0. The molecule has 9 nitrogen and oxygen atoms in total. The summed E-state index contributed by atoms with van der Waals surface area (Å²) in [7, 11) is 1.18. The molecule has 0 rings (SSSR count). The van der Waals surface area contributed by atoms with Crippen molar-refractivity contribution >= 4 is 19.8 Å². The first-order valence-electron chi connectivity index (χ1n) is 34.7. The summed E-state index contributed by atoms with van der Waals surface area (Å²) in [6.45, 7) is 4.26. The maximum absolute atomic E-state index is 12.8. The van der Waals surface area contributed by atoms with E-state index in [1.54, 1.807) is 0 Å². The van der Waals surface area contributed by atoms with Crippen molar-refractivity contribution in [1.29, 1.82) is 0 Å². The number of hydrogen-bond donors (Lipinski definition) is 0. The summed E-state index contributed by atoms with van der Waals surface area (Å²) in [5, 5.41) is 0. The highest BCUT2D eigenvalue weighted by Crippen LogP contribution is 2.38. The van der Waals surface area contributed by atoms with Gasteiger partial charge in [-0.05, 0) is 70.6 Å². The minimum Gasteiger partial charge on any atom is -0.756 e. The van der Waals surface area contributed by atoms with E-state index in [4.69, 9.17) is 18.5 Å². The number of allylic oxidation sites excluding steroid dienone is 6. The number of hydrogen-bond acceptors (Lipinski definition) is 8. The Hall–Kier alpha value is -1.77. The van der Waals surface area contributed by atoms with Crippen LogP contribution >= 0.6 is 7.82 Å². The summed E-state index contributed by atoms with van der Waals surface area (Å²) in [5.41, 5.74) is 0. The Kier molecular flexibility index (Phi) is 60.4. The van der Waals surface area contributed by atoms with Gasteiger partial charge < -0.3 is 27.9 Å². The molecule has 2 atom stereocenters. The lowest BCUT2D eigenvalue weighted by atomic mass is 10.0. The Balaban J connectivity index is 3.91. The highest BCUT2D eigenvalue weighted by atomic mass is 31.2. The molecule has 80 heavy (non-hydrogen) atoms. The number of nitrogens with zero attached hydrogens (tertiary/aromatic N) is 1. The summed E-state index contributed by atoms with van der Waals surface area (Å²) in [6, 6.07) is 0. The van der Waals surface area contributed by atoms with E-state index in [9.17, 15) is 19.0 Å². The van der Waals surface area contributed by atoms with Crippen LogP contribution in [-0.4, -0.2) is 70.0 Å². The third-order valence-electron chi connectivity index (χ3n) is 15.6. The maximum Gasteiger partial charge on any atom is 0.306 e. The average molecular weight is 1150 g/mol. The van der Waals surface area contributed by atoms with E-state index in [0.29, 0.717) is 17.4 Å². The Labute approximate surface area is 497 Å². The molecule has 0 saturated heterocycles. The van der Waals surface area contributed by atoms with Crippen molar-refractivity contribution in [2.75, 3.05) is 47.5 Å². The van der Waals surface area contributed by atoms with Crippen molar-refractivity contribution in [2.45, 2.75) is 354 Å². The second-order valence-electron chi connectivity index (χ2n) is 24.9. The van der Waals surface area contributed by atoms with E-state index < -0.39 is 26.5 Å². The van der Waals surface area contributed by atoms with Gasteiger partial charge >= 0.3 is 11.9 Å². The van der Waals surface area contributed by atoms with E-state index in [2.05, 4.69) is 50.3 Å². The molecule has 0 radical (unpaired) electrons. The van der Waals surface area contributed by atoms with Crippen molar-refractivity contribution in [2.24, 2.45) is 0 Å². The zero-order valence-electron chi connectivity index (χ0n) is 53.8. The molecule has 0 spiro atoms. The molecule has 0 bridgehead atoms. The van der Waals surface area contributed by atoms with Crippen LogP contribution in [0.2, 0.25) is 0 Å². The average Bonchev–Trinajstić information content (AvgIpc) is 3.42. The molecule has 0 saturated carbocycles. The van der Waals surface area contributed by atoms with Crippen LogP contribution in [0.1, 0.15) is 348 Å². The third kappa shape index (κ3) is 65.4.